The Morgan fingerprint density at radius 3 is 2.03 bits per heavy atom. The fourth-order valence-corrected chi connectivity index (χ4v) is 8.60. The van der Waals surface area contributed by atoms with Crippen LogP contribution in [0.4, 0.5) is 5.69 Å². The van der Waals surface area contributed by atoms with Gasteiger partial charge in [-0.15, -0.1) is 0 Å². The zero-order chi connectivity index (χ0) is 50.7. The summed E-state index contributed by atoms with van der Waals surface area (Å²) < 4.78 is 5.87. The first-order valence-corrected chi connectivity index (χ1v) is 23.9. The number of rotatable bonds is 21. The van der Waals surface area contributed by atoms with Crippen molar-refractivity contribution in [1.82, 2.24) is 25.8 Å². The lowest BCUT2D eigenvalue weighted by Gasteiger charge is -2.33. The van der Waals surface area contributed by atoms with Crippen LogP contribution in [0.1, 0.15) is 125 Å². The molecule has 0 unspecified atom stereocenters. The monoisotopic (exact) mass is 951 g/mol. The van der Waals surface area contributed by atoms with Gasteiger partial charge in [-0.05, 0) is 102 Å². The van der Waals surface area contributed by atoms with E-state index < -0.39 is 72.2 Å². The number of nitrogens with two attached hydrogens (primary N) is 2. The first-order valence-electron chi connectivity index (χ1n) is 23.9. The summed E-state index contributed by atoms with van der Waals surface area (Å²) in [5.41, 5.74) is 14.4. The van der Waals surface area contributed by atoms with Gasteiger partial charge in [0.1, 0.15) is 29.5 Å². The van der Waals surface area contributed by atoms with Crippen LogP contribution in [0.3, 0.4) is 0 Å². The highest BCUT2D eigenvalue weighted by molar-refractivity contribution is 6.30. The molecule has 1 heterocycles. The molecular formula is C52H70N8O9. The molecule has 0 spiro atoms. The first-order chi connectivity index (χ1) is 32.6. The maximum atomic E-state index is 14.3. The summed E-state index contributed by atoms with van der Waals surface area (Å²) in [5.74, 6) is -3.40. The normalized spacial score (nSPS) is 16.2. The van der Waals surface area contributed by atoms with E-state index in [9.17, 15) is 38.4 Å². The zero-order valence-corrected chi connectivity index (χ0v) is 41.2. The molecule has 1 saturated heterocycles. The molecule has 8 N–H and O–H groups in total. The number of nitrogens with one attached hydrogen (secondary N) is 4. The second kappa shape index (κ2) is 23.7. The average Bonchev–Trinajstić information content (AvgIpc) is 3.79. The minimum atomic E-state index is -1.05. The number of imide groups is 1. The van der Waals surface area contributed by atoms with Crippen LogP contribution in [0.15, 0.2) is 66.7 Å². The lowest BCUT2D eigenvalue weighted by Crippen LogP contribution is -2.57. The number of hydrogen-bond acceptors (Lipinski definition) is 12. The van der Waals surface area contributed by atoms with Gasteiger partial charge in [-0.2, -0.15) is 0 Å². The van der Waals surface area contributed by atoms with E-state index in [0.717, 1.165) is 10.5 Å². The quantitative estimate of drug-likeness (QED) is 0.0652. The highest BCUT2D eigenvalue weighted by Gasteiger charge is 2.41. The number of benzene rings is 3. The standard InChI is InChI=1S/C52H70N8O9/c1-30(2)26-40(58-47(64)38(54)28-33-19-21-34(22-20-33)69-52(6,7)8)48(65)56-29-43(61)57-41(27-31(3)4)50(67)59-24-12-18-42(59)51(68)60(49(66)32(5)53)25-13-23-55-39-17-11-16-37-44(39)46(63)36-15-10-9-14-35(36)45(37)62/h9-11,14-17,19-22,30-32,38,40-42,55H,12-13,18,23-29,53-54H2,1-8H3,(H,56,65)(H,57,61)(H,58,64)/t32-,38-,40-,41-,42-/m0/s1. The summed E-state index contributed by atoms with van der Waals surface area (Å²) in [4.78, 5) is 111. The first kappa shape index (κ1) is 53.5. The van der Waals surface area contributed by atoms with E-state index in [2.05, 4.69) is 21.3 Å². The lowest BCUT2D eigenvalue weighted by atomic mass is 9.83. The second-order valence-corrected chi connectivity index (χ2v) is 19.8. The number of ketones is 2. The smallest absolute Gasteiger partial charge is 0.252 e. The summed E-state index contributed by atoms with van der Waals surface area (Å²) in [5, 5.41) is 11.3. The van der Waals surface area contributed by atoms with Gasteiger partial charge in [-0.1, -0.05) is 76.2 Å². The number of hydrogen-bond donors (Lipinski definition) is 6. The topological polar surface area (TPSA) is 252 Å². The van der Waals surface area contributed by atoms with Gasteiger partial charge in [-0.3, -0.25) is 43.3 Å². The predicted molar refractivity (Wildman–Crippen MR) is 262 cm³/mol. The Morgan fingerprint density at radius 1 is 0.783 bits per heavy atom. The van der Waals surface area contributed by atoms with Gasteiger partial charge in [0, 0.05) is 42.0 Å². The molecule has 17 nitrogen and oxygen atoms in total. The van der Waals surface area contributed by atoms with Crippen molar-refractivity contribution in [1.29, 1.82) is 0 Å². The predicted octanol–water partition coefficient (Wildman–Crippen LogP) is 3.88. The van der Waals surface area contributed by atoms with Crippen LogP contribution < -0.4 is 37.5 Å². The fraction of sp³-hybridized carbons (Fsp3) is 0.500. The van der Waals surface area contributed by atoms with Crippen LogP contribution in [0.5, 0.6) is 5.75 Å². The van der Waals surface area contributed by atoms with Crippen molar-refractivity contribution in [3.8, 4) is 5.75 Å². The van der Waals surface area contributed by atoms with Gasteiger partial charge in [-0.25, -0.2) is 0 Å². The molecule has 69 heavy (non-hydrogen) atoms. The van der Waals surface area contributed by atoms with Gasteiger partial charge in [0.25, 0.3) is 5.91 Å². The molecule has 0 radical (unpaired) electrons. The summed E-state index contributed by atoms with van der Waals surface area (Å²) in [6.07, 6.45) is 1.72. The number of ether oxygens (including phenoxy) is 1. The Morgan fingerprint density at radius 2 is 1.41 bits per heavy atom. The van der Waals surface area contributed by atoms with Crippen molar-refractivity contribution in [2.24, 2.45) is 23.3 Å². The van der Waals surface area contributed by atoms with Crippen LogP contribution >= 0.6 is 0 Å². The van der Waals surface area contributed by atoms with E-state index in [1.165, 1.54) is 11.8 Å². The fourth-order valence-electron chi connectivity index (χ4n) is 8.60. The summed E-state index contributed by atoms with van der Waals surface area (Å²) in [6, 6.07) is 13.9. The Kier molecular flexibility index (Phi) is 18.4. The average molecular weight is 951 g/mol. The maximum Gasteiger partial charge on any atom is 0.252 e. The van der Waals surface area contributed by atoms with E-state index in [4.69, 9.17) is 16.2 Å². The molecule has 5 rings (SSSR count). The highest BCUT2D eigenvalue weighted by Crippen LogP contribution is 2.32. The van der Waals surface area contributed by atoms with Crippen LogP contribution in [0.2, 0.25) is 0 Å². The number of carbonyl (C=O) groups is 8. The Bertz CT molecular complexity index is 2380. The van der Waals surface area contributed by atoms with Crippen molar-refractivity contribution in [3.05, 3.63) is 94.5 Å². The van der Waals surface area contributed by atoms with Gasteiger partial charge in [0.2, 0.25) is 29.5 Å². The number of fused-ring (bicyclic) bond motifs is 2. The van der Waals surface area contributed by atoms with E-state index >= 15 is 0 Å². The number of carbonyl (C=O) groups excluding carboxylic acids is 8. The highest BCUT2D eigenvalue weighted by atomic mass is 16.5. The molecule has 3 aromatic carbocycles. The largest absolute Gasteiger partial charge is 0.488 e. The minimum absolute atomic E-state index is 0.000339. The molecule has 0 bridgehead atoms. The molecule has 1 aliphatic heterocycles. The third-order valence-electron chi connectivity index (χ3n) is 11.8. The molecule has 372 valence electrons. The summed E-state index contributed by atoms with van der Waals surface area (Å²) in [6.45, 7) is 14.8. The SMILES string of the molecule is CC(C)C[C@H](NC(=O)[C@@H](N)Cc1ccc(OC(C)(C)C)cc1)C(=O)NCC(=O)N[C@@H](CC(C)C)C(=O)N1CCC[C@H]1C(=O)N(CCCNc1cccc2c1C(=O)c1ccccc1C2=O)C(=O)[C@H](C)N. The molecule has 17 heteroatoms. The number of nitrogens with zero attached hydrogens (tertiary/aromatic N) is 2. The second-order valence-electron chi connectivity index (χ2n) is 19.8. The number of likely N-dealkylation sites (tertiary alicyclic amines) is 1. The van der Waals surface area contributed by atoms with Crippen LogP contribution in [-0.4, -0.2) is 119 Å². The molecule has 3 aromatic rings. The molecule has 0 saturated carbocycles. The third-order valence-corrected chi connectivity index (χ3v) is 11.8. The molecule has 5 atom stereocenters. The van der Waals surface area contributed by atoms with E-state index in [-0.39, 0.29) is 91.9 Å². The number of anilines is 1. The summed E-state index contributed by atoms with van der Waals surface area (Å²) >= 11 is 0. The lowest BCUT2D eigenvalue weighted by molar-refractivity contribution is -0.152. The minimum Gasteiger partial charge on any atom is -0.488 e. The van der Waals surface area contributed by atoms with Crippen molar-refractivity contribution in [2.75, 3.05) is 31.5 Å². The Labute approximate surface area is 405 Å². The molecule has 1 fully saturated rings. The molecule has 0 aromatic heterocycles. The molecule has 2 aliphatic rings. The van der Waals surface area contributed by atoms with Crippen molar-refractivity contribution in [2.45, 2.75) is 130 Å². The Hall–Kier alpha value is -6.46. The van der Waals surface area contributed by atoms with Crippen molar-refractivity contribution < 1.29 is 43.1 Å². The van der Waals surface area contributed by atoms with Crippen LogP contribution in [0.25, 0.3) is 0 Å². The third kappa shape index (κ3) is 14.3. The van der Waals surface area contributed by atoms with Crippen molar-refractivity contribution >= 4 is 52.7 Å². The number of amides is 6. The maximum absolute atomic E-state index is 14.3. The van der Waals surface area contributed by atoms with Crippen molar-refractivity contribution in [3.63, 3.8) is 0 Å². The van der Waals surface area contributed by atoms with Gasteiger partial charge in [0.15, 0.2) is 11.6 Å². The van der Waals surface area contributed by atoms with E-state index in [0.29, 0.717) is 29.0 Å². The van der Waals surface area contributed by atoms with Crippen LogP contribution in [0, 0.1) is 11.8 Å². The molecule has 1 aliphatic carbocycles. The summed E-state index contributed by atoms with van der Waals surface area (Å²) in [7, 11) is 0. The van der Waals surface area contributed by atoms with Crippen LogP contribution in [-0.2, 0) is 35.2 Å². The van der Waals surface area contributed by atoms with Gasteiger partial charge < -0.3 is 42.4 Å². The van der Waals surface area contributed by atoms with E-state index in [1.54, 1.807) is 42.5 Å². The van der Waals surface area contributed by atoms with Gasteiger partial charge in [0.05, 0.1) is 24.2 Å². The van der Waals surface area contributed by atoms with E-state index in [1.807, 2.05) is 72.7 Å². The Balaban J connectivity index is 1.18. The van der Waals surface area contributed by atoms with Gasteiger partial charge >= 0.3 is 0 Å². The molecule has 6 amide bonds. The molecular weight excluding hydrogens is 881 g/mol. The zero-order valence-electron chi connectivity index (χ0n) is 41.2.